The highest BCUT2D eigenvalue weighted by molar-refractivity contribution is 6.24. The second-order valence-electron chi connectivity index (χ2n) is 10.9. The van der Waals surface area contributed by atoms with Crippen LogP contribution in [0.25, 0.3) is 16.9 Å². The number of hydrogen-bond donors (Lipinski definition) is 5. The quantitative estimate of drug-likeness (QED) is 0.339. The predicted octanol–water partition coefficient (Wildman–Crippen LogP) is 1.16. The minimum atomic E-state index is -2.69. The van der Waals surface area contributed by atoms with Crippen LogP contribution in [0.4, 0.5) is 0 Å². The largest absolute Gasteiger partial charge is 0.508 e. The summed E-state index contributed by atoms with van der Waals surface area (Å²) in [4.78, 5) is 56.5. The zero-order valence-electron chi connectivity index (χ0n) is 22.1. The molecule has 0 unspecified atom stereocenters. The second-order valence-corrected chi connectivity index (χ2v) is 10.9. The van der Waals surface area contributed by atoms with Crippen LogP contribution in [0, 0.1) is 11.8 Å². The summed E-state index contributed by atoms with van der Waals surface area (Å²) in [7, 11) is 3.10. The number of nitrogens with zero attached hydrogens (tertiary/aromatic N) is 2. The molecule has 11 heteroatoms. The summed E-state index contributed by atoms with van der Waals surface area (Å²) in [5.74, 6) is -7.01. The minimum Gasteiger partial charge on any atom is -0.508 e. The van der Waals surface area contributed by atoms with Crippen molar-refractivity contribution in [2.24, 2.45) is 17.6 Å². The van der Waals surface area contributed by atoms with Gasteiger partial charge in [0.15, 0.2) is 11.4 Å². The van der Waals surface area contributed by atoms with Crippen LogP contribution in [-0.2, 0) is 32.0 Å². The number of rotatable bonds is 5. The Balaban J connectivity index is 1.68. The zero-order chi connectivity index (χ0) is 29.3. The molecule has 1 heterocycles. The number of carbonyl (C=O) groups is 4. The van der Waals surface area contributed by atoms with E-state index in [0.717, 1.165) is 0 Å². The molecule has 3 aliphatic rings. The number of phenolic OH excluding ortho intramolecular Hbond substituents is 1. The van der Waals surface area contributed by atoms with Crippen molar-refractivity contribution in [2.75, 3.05) is 14.1 Å². The lowest BCUT2D eigenvalue weighted by Gasteiger charge is -2.50. The van der Waals surface area contributed by atoms with Crippen molar-refractivity contribution in [1.82, 2.24) is 9.88 Å². The second kappa shape index (κ2) is 9.39. The fourth-order valence-corrected chi connectivity index (χ4v) is 6.46. The molecule has 0 saturated heterocycles. The van der Waals surface area contributed by atoms with Crippen LogP contribution in [0.15, 0.2) is 47.4 Å². The van der Waals surface area contributed by atoms with Gasteiger partial charge >= 0.3 is 0 Å². The molecule has 4 atom stereocenters. The Labute approximate surface area is 229 Å². The molecule has 0 radical (unpaired) electrons. The Kier molecular flexibility index (Phi) is 6.39. The molecule has 11 nitrogen and oxygen atoms in total. The van der Waals surface area contributed by atoms with Crippen molar-refractivity contribution in [3.05, 3.63) is 64.2 Å². The number of fused-ring (bicyclic) bond motifs is 3. The van der Waals surface area contributed by atoms with Crippen LogP contribution in [0.3, 0.4) is 0 Å². The molecule has 2 aromatic rings. The molecule has 1 aromatic carbocycles. The Morgan fingerprint density at radius 3 is 2.40 bits per heavy atom. The number of primary amides is 1. The summed E-state index contributed by atoms with van der Waals surface area (Å²) < 4.78 is 0. The molecule has 3 aliphatic carbocycles. The SMILES string of the molecule is CC(=O)Cc1ccc(-c2ccc(O)c3c2C[C@H]2C[C@H]4[C@H](N(C)C)C(=O)C(C(N)=O)=C(O)[C@@]4(O)C(=O)C2=C3O)cn1. The van der Waals surface area contributed by atoms with Crippen LogP contribution in [0.5, 0.6) is 5.75 Å². The molecule has 6 N–H and O–H groups in total. The van der Waals surface area contributed by atoms with E-state index in [9.17, 15) is 39.6 Å². The van der Waals surface area contributed by atoms with E-state index in [1.165, 1.54) is 17.9 Å². The van der Waals surface area contributed by atoms with Gasteiger partial charge in [0, 0.05) is 35.4 Å². The summed E-state index contributed by atoms with van der Waals surface area (Å²) in [5, 5.41) is 44.7. The first-order valence-electron chi connectivity index (χ1n) is 12.7. The van der Waals surface area contributed by atoms with Gasteiger partial charge in [-0.25, -0.2) is 0 Å². The van der Waals surface area contributed by atoms with Gasteiger partial charge in [0.05, 0.1) is 11.6 Å². The molecule has 1 aromatic heterocycles. The number of amides is 1. The van der Waals surface area contributed by atoms with E-state index in [1.54, 1.807) is 38.5 Å². The van der Waals surface area contributed by atoms with E-state index in [1.807, 2.05) is 0 Å². The highest BCUT2D eigenvalue weighted by atomic mass is 16.3. The lowest BCUT2D eigenvalue weighted by atomic mass is 9.57. The van der Waals surface area contributed by atoms with Crippen LogP contribution in [-0.4, -0.2) is 79.3 Å². The number of carbonyl (C=O) groups excluding carboxylic acids is 4. The third-order valence-corrected chi connectivity index (χ3v) is 8.17. The number of nitrogens with two attached hydrogens (primary N) is 1. The maximum absolute atomic E-state index is 13.9. The molecule has 1 saturated carbocycles. The van der Waals surface area contributed by atoms with Crippen molar-refractivity contribution >= 4 is 29.0 Å². The number of ketones is 3. The minimum absolute atomic E-state index is 0.00148. The molecule has 0 aliphatic heterocycles. The number of pyridine rings is 1. The monoisotopic (exact) mass is 547 g/mol. The zero-order valence-corrected chi connectivity index (χ0v) is 22.1. The highest BCUT2D eigenvalue weighted by Gasteiger charge is 2.64. The first-order chi connectivity index (χ1) is 18.8. The van der Waals surface area contributed by atoms with E-state index in [0.29, 0.717) is 22.4 Å². The number of Topliss-reactive ketones (excluding diaryl/α,β-unsaturated/α-hetero) is 3. The van der Waals surface area contributed by atoms with Gasteiger partial charge in [0.2, 0.25) is 5.78 Å². The first-order valence-corrected chi connectivity index (χ1v) is 12.7. The fourth-order valence-electron chi connectivity index (χ4n) is 6.46. The van der Waals surface area contributed by atoms with Crippen molar-refractivity contribution in [3.8, 4) is 16.9 Å². The Morgan fingerprint density at radius 2 is 1.82 bits per heavy atom. The number of likely N-dealkylation sites (N-methyl/N-ethyl adjacent to an activating group) is 1. The number of phenols is 1. The number of aliphatic hydroxyl groups is 3. The molecular weight excluding hydrogens is 518 g/mol. The van der Waals surface area contributed by atoms with Crippen LogP contribution < -0.4 is 5.73 Å². The standard InChI is InChI=1S/C29H29N3O8/c1-12(33)8-15-5-4-13(11-31-15)16-6-7-19(34)21-17(16)9-14-10-18-23(32(2)3)25(36)22(28(30)39)27(38)29(18,40)26(37)20(14)24(21)35/h4-7,11,14,18,23,34-35,38,40H,8-10H2,1-3H3,(H2,30,39)/t14-,18-,23-,29-/m0/s1. The van der Waals surface area contributed by atoms with E-state index in [2.05, 4.69) is 4.98 Å². The molecule has 0 bridgehead atoms. The maximum atomic E-state index is 13.9. The van der Waals surface area contributed by atoms with Crippen molar-refractivity contribution in [1.29, 1.82) is 0 Å². The van der Waals surface area contributed by atoms with Gasteiger partial charge in [-0.1, -0.05) is 12.1 Å². The average Bonchev–Trinajstić information content (AvgIpc) is 2.86. The van der Waals surface area contributed by atoms with Crippen molar-refractivity contribution in [3.63, 3.8) is 0 Å². The average molecular weight is 548 g/mol. The van der Waals surface area contributed by atoms with Crippen LogP contribution >= 0.6 is 0 Å². The molecule has 0 spiro atoms. The summed E-state index contributed by atoms with van der Waals surface area (Å²) in [6.45, 7) is 1.47. The van der Waals surface area contributed by atoms with Gasteiger partial charge in [0.25, 0.3) is 5.91 Å². The van der Waals surface area contributed by atoms with Crippen LogP contribution in [0.2, 0.25) is 0 Å². The van der Waals surface area contributed by atoms with Crippen LogP contribution in [0.1, 0.15) is 30.2 Å². The highest BCUT2D eigenvalue weighted by Crippen LogP contribution is 2.53. The predicted molar refractivity (Wildman–Crippen MR) is 142 cm³/mol. The third-order valence-electron chi connectivity index (χ3n) is 8.17. The number of hydrogen-bond acceptors (Lipinski definition) is 10. The Bertz CT molecular complexity index is 1560. The van der Waals surface area contributed by atoms with Crippen molar-refractivity contribution < 1.29 is 39.6 Å². The van der Waals surface area contributed by atoms with Gasteiger partial charge in [-0.2, -0.15) is 0 Å². The fraction of sp³-hybridized carbons (Fsp3) is 0.345. The number of aromatic hydroxyl groups is 1. The molecule has 1 amide bonds. The lowest BCUT2D eigenvalue weighted by molar-refractivity contribution is -0.153. The lowest BCUT2D eigenvalue weighted by Crippen LogP contribution is -2.65. The molecule has 1 fully saturated rings. The van der Waals surface area contributed by atoms with Gasteiger partial charge in [-0.05, 0) is 63.0 Å². The van der Waals surface area contributed by atoms with Gasteiger partial charge in [0.1, 0.15) is 28.6 Å². The number of benzene rings is 1. The van der Waals surface area contributed by atoms with Gasteiger partial charge in [-0.3, -0.25) is 29.1 Å². The van der Waals surface area contributed by atoms with E-state index in [4.69, 9.17) is 5.73 Å². The Hall–Kier alpha value is -4.35. The molecular formula is C29H29N3O8. The normalized spacial score (nSPS) is 26.0. The summed E-state index contributed by atoms with van der Waals surface area (Å²) in [6, 6.07) is 5.36. The third kappa shape index (κ3) is 3.84. The molecule has 5 rings (SSSR count). The molecule has 208 valence electrons. The topological polar surface area (TPSA) is 191 Å². The molecule has 40 heavy (non-hydrogen) atoms. The van der Waals surface area contributed by atoms with Crippen molar-refractivity contribution in [2.45, 2.75) is 37.8 Å². The van der Waals surface area contributed by atoms with E-state index < -0.39 is 58.0 Å². The number of aliphatic hydroxyl groups excluding tert-OH is 2. The first kappa shape index (κ1) is 27.2. The van der Waals surface area contributed by atoms with E-state index >= 15 is 0 Å². The Morgan fingerprint density at radius 1 is 1.12 bits per heavy atom. The number of aromatic nitrogens is 1. The summed E-state index contributed by atoms with van der Waals surface area (Å²) in [5.41, 5.74) is 4.01. The smallest absolute Gasteiger partial charge is 0.255 e. The maximum Gasteiger partial charge on any atom is 0.255 e. The summed E-state index contributed by atoms with van der Waals surface area (Å²) in [6.07, 6.45) is 1.92. The van der Waals surface area contributed by atoms with Gasteiger partial charge in [-0.15, -0.1) is 0 Å². The van der Waals surface area contributed by atoms with E-state index in [-0.39, 0.29) is 41.9 Å². The van der Waals surface area contributed by atoms with Gasteiger partial charge < -0.3 is 26.2 Å². The summed E-state index contributed by atoms with van der Waals surface area (Å²) >= 11 is 0.